The summed E-state index contributed by atoms with van der Waals surface area (Å²) in [5, 5.41) is 0. The highest BCUT2D eigenvalue weighted by atomic mass is 32.2. The van der Waals surface area contributed by atoms with Gasteiger partial charge in [-0.05, 0) is 24.3 Å². The molecule has 10 heavy (non-hydrogen) atoms. The molecule has 2 saturated heterocycles. The Labute approximate surface area is 65.8 Å². The smallest absolute Gasteiger partial charge is 0.117 e. The van der Waals surface area contributed by atoms with E-state index in [1.807, 2.05) is 11.8 Å². The van der Waals surface area contributed by atoms with Crippen LogP contribution in [0.1, 0.15) is 19.3 Å². The van der Waals surface area contributed by atoms with Crippen LogP contribution in [0.4, 0.5) is 0 Å². The largest absolute Gasteiger partial charge is 0.492 e. The lowest BCUT2D eigenvalue weighted by molar-refractivity contribution is -0.0909. The van der Waals surface area contributed by atoms with Crippen molar-refractivity contribution < 1.29 is 4.74 Å². The minimum absolute atomic E-state index is 0.252. The summed E-state index contributed by atoms with van der Waals surface area (Å²) in [6.07, 6.45) is 3.58. The summed E-state index contributed by atoms with van der Waals surface area (Å²) in [7, 11) is 0. The SMILES string of the molecule is C=C1CC2(CCSCC2)O1. The molecule has 1 spiro atoms. The molecule has 0 aromatic rings. The fraction of sp³-hybridized carbons (Fsp3) is 0.750. The molecule has 0 bridgehead atoms. The Kier molecular flexibility index (Phi) is 1.44. The zero-order valence-electron chi connectivity index (χ0n) is 6.06. The van der Waals surface area contributed by atoms with E-state index >= 15 is 0 Å². The topological polar surface area (TPSA) is 9.23 Å². The highest BCUT2D eigenvalue weighted by molar-refractivity contribution is 7.99. The number of hydrogen-bond acceptors (Lipinski definition) is 2. The molecule has 2 aliphatic heterocycles. The first-order chi connectivity index (χ1) is 4.81. The van der Waals surface area contributed by atoms with Crippen molar-refractivity contribution in [2.75, 3.05) is 11.5 Å². The first kappa shape index (κ1) is 6.59. The Morgan fingerprint density at radius 3 is 2.50 bits per heavy atom. The van der Waals surface area contributed by atoms with Crippen molar-refractivity contribution in [3.8, 4) is 0 Å². The van der Waals surface area contributed by atoms with Gasteiger partial charge < -0.3 is 4.74 Å². The number of thioether (sulfide) groups is 1. The summed E-state index contributed by atoms with van der Waals surface area (Å²) in [6, 6.07) is 0. The molecular weight excluding hydrogens is 144 g/mol. The minimum atomic E-state index is 0.252. The van der Waals surface area contributed by atoms with E-state index in [1.165, 1.54) is 24.3 Å². The van der Waals surface area contributed by atoms with Crippen LogP contribution in [0.2, 0.25) is 0 Å². The Balaban J connectivity index is 1.96. The van der Waals surface area contributed by atoms with E-state index in [2.05, 4.69) is 6.58 Å². The molecule has 2 fully saturated rings. The highest BCUT2D eigenvalue weighted by Crippen LogP contribution is 2.44. The third-order valence-electron chi connectivity index (χ3n) is 2.28. The average Bonchev–Trinajstić information content (AvgIpc) is 1.87. The van der Waals surface area contributed by atoms with Gasteiger partial charge in [-0.2, -0.15) is 11.8 Å². The molecule has 0 radical (unpaired) electrons. The standard InChI is InChI=1S/C8H12OS/c1-7-6-8(9-7)2-4-10-5-3-8/h1-6H2. The van der Waals surface area contributed by atoms with Gasteiger partial charge in [0, 0.05) is 6.42 Å². The van der Waals surface area contributed by atoms with Crippen LogP contribution in [-0.4, -0.2) is 17.1 Å². The summed E-state index contributed by atoms with van der Waals surface area (Å²) >= 11 is 2.04. The summed E-state index contributed by atoms with van der Waals surface area (Å²) in [6.45, 7) is 3.78. The lowest BCUT2D eigenvalue weighted by Gasteiger charge is -2.46. The van der Waals surface area contributed by atoms with E-state index in [0.29, 0.717) is 0 Å². The summed E-state index contributed by atoms with van der Waals surface area (Å²) in [5.74, 6) is 3.53. The summed E-state index contributed by atoms with van der Waals surface area (Å²) < 4.78 is 5.56. The van der Waals surface area contributed by atoms with Gasteiger partial charge in [-0.1, -0.05) is 6.58 Å². The molecule has 56 valence electrons. The van der Waals surface area contributed by atoms with Gasteiger partial charge in [0.2, 0.25) is 0 Å². The van der Waals surface area contributed by atoms with Crippen LogP contribution in [0.5, 0.6) is 0 Å². The predicted molar refractivity (Wildman–Crippen MR) is 44.1 cm³/mol. The fourth-order valence-electron chi connectivity index (χ4n) is 1.68. The maximum Gasteiger partial charge on any atom is 0.117 e. The maximum absolute atomic E-state index is 5.56. The minimum Gasteiger partial charge on any atom is -0.492 e. The number of ether oxygens (including phenoxy) is 1. The van der Waals surface area contributed by atoms with E-state index in [1.54, 1.807) is 0 Å². The van der Waals surface area contributed by atoms with Gasteiger partial charge in [0.05, 0.1) is 5.76 Å². The van der Waals surface area contributed by atoms with Gasteiger partial charge in [-0.3, -0.25) is 0 Å². The van der Waals surface area contributed by atoms with Gasteiger partial charge >= 0.3 is 0 Å². The Bertz CT molecular complexity index is 149. The zero-order valence-corrected chi connectivity index (χ0v) is 6.88. The molecule has 2 aliphatic rings. The van der Waals surface area contributed by atoms with Crippen molar-refractivity contribution in [2.45, 2.75) is 24.9 Å². The van der Waals surface area contributed by atoms with Crippen molar-refractivity contribution in [2.24, 2.45) is 0 Å². The fourth-order valence-corrected chi connectivity index (χ4v) is 2.92. The van der Waals surface area contributed by atoms with Crippen LogP contribution in [0.25, 0.3) is 0 Å². The van der Waals surface area contributed by atoms with Gasteiger partial charge in [0.25, 0.3) is 0 Å². The van der Waals surface area contributed by atoms with Crippen molar-refractivity contribution in [3.05, 3.63) is 12.3 Å². The average molecular weight is 156 g/mol. The van der Waals surface area contributed by atoms with Gasteiger partial charge in [0.1, 0.15) is 5.60 Å². The van der Waals surface area contributed by atoms with Crippen molar-refractivity contribution in [1.82, 2.24) is 0 Å². The van der Waals surface area contributed by atoms with E-state index in [-0.39, 0.29) is 5.60 Å². The molecule has 2 heterocycles. The first-order valence-corrected chi connectivity index (χ1v) is 4.91. The van der Waals surface area contributed by atoms with Crippen molar-refractivity contribution >= 4 is 11.8 Å². The second-order valence-electron chi connectivity index (χ2n) is 3.11. The quantitative estimate of drug-likeness (QED) is 0.531. The summed E-state index contributed by atoms with van der Waals surface area (Å²) in [4.78, 5) is 0. The molecule has 1 nitrogen and oxygen atoms in total. The van der Waals surface area contributed by atoms with Crippen LogP contribution in [0.3, 0.4) is 0 Å². The Morgan fingerprint density at radius 1 is 1.40 bits per heavy atom. The molecule has 0 aliphatic carbocycles. The third-order valence-corrected chi connectivity index (χ3v) is 3.27. The summed E-state index contributed by atoms with van der Waals surface area (Å²) in [5.41, 5.74) is 0.252. The number of rotatable bonds is 0. The molecule has 0 atom stereocenters. The second-order valence-corrected chi connectivity index (χ2v) is 4.34. The molecule has 0 unspecified atom stereocenters. The Hall–Kier alpha value is -0.110. The first-order valence-electron chi connectivity index (χ1n) is 3.75. The van der Waals surface area contributed by atoms with Crippen LogP contribution < -0.4 is 0 Å². The normalized spacial score (nSPS) is 29.4. The molecule has 0 aromatic carbocycles. The van der Waals surface area contributed by atoms with E-state index in [9.17, 15) is 0 Å². The van der Waals surface area contributed by atoms with Crippen LogP contribution >= 0.6 is 11.8 Å². The molecule has 0 saturated carbocycles. The van der Waals surface area contributed by atoms with E-state index in [0.717, 1.165) is 12.2 Å². The highest BCUT2D eigenvalue weighted by Gasteiger charge is 2.42. The van der Waals surface area contributed by atoms with E-state index in [4.69, 9.17) is 4.74 Å². The monoisotopic (exact) mass is 156 g/mol. The second kappa shape index (κ2) is 2.19. The zero-order chi connectivity index (χ0) is 7.03. The molecule has 2 heteroatoms. The van der Waals surface area contributed by atoms with Crippen molar-refractivity contribution in [1.29, 1.82) is 0 Å². The number of hydrogen-bond donors (Lipinski definition) is 0. The predicted octanol–water partition coefficient (Wildman–Crippen LogP) is 2.19. The van der Waals surface area contributed by atoms with Gasteiger partial charge in [-0.25, -0.2) is 0 Å². The van der Waals surface area contributed by atoms with Crippen LogP contribution in [0.15, 0.2) is 12.3 Å². The van der Waals surface area contributed by atoms with Gasteiger partial charge in [0.15, 0.2) is 0 Å². The Morgan fingerprint density at radius 2 is 2.00 bits per heavy atom. The van der Waals surface area contributed by atoms with Crippen molar-refractivity contribution in [3.63, 3.8) is 0 Å². The molecule has 0 amide bonds. The van der Waals surface area contributed by atoms with Gasteiger partial charge in [-0.15, -0.1) is 0 Å². The molecule has 0 N–H and O–H groups in total. The third kappa shape index (κ3) is 0.947. The van der Waals surface area contributed by atoms with Crippen LogP contribution in [0, 0.1) is 0 Å². The molecule has 2 rings (SSSR count). The lowest BCUT2D eigenvalue weighted by atomic mass is 9.87. The van der Waals surface area contributed by atoms with E-state index < -0.39 is 0 Å². The molecule has 0 aromatic heterocycles. The lowest BCUT2D eigenvalue weighted by Crippen LogP contribution is -2.44. The maximum atomic E-state index is 5.56. The van der Waals surface area contributed by atoms with Crippen LogP contribution in [-0.2, 0) is 4.74 Å². The molecular formula is C8H12OS.